The number of halogens is 3. The molecule has 0 aliphatic carbocycles. The van der Waals surface area contributed by atoms with Gasteiger partial charge in [0, 0.05) is 30.4 Å². The molecule has 0 saturated carbocycles. The molecule has 2 N–H and O–H groups in total. The highest BCUT2D eigenvalue weighted by atomic mass is 35.5. The summed E-state index contributed by atoms with van der Waals surface area (Å²) in [6.07, 6.45) is 0. The number of nitrogens with one attached hydrogen (secondary N) is 2. The predicted octanol–water partition coefficient (Wildman–Crippen LogP) is 6.32. The van der Waals surface area contributed by atoms with Crippen molar-refractivity contribution in [3.8, 4) is 5.69 Å². The average Bonchev–Trinajstić information content (AvgIpc) is 3.25. The van der Waals surface area contributed by atoms with Crippen molar-refractivity contribution in [3.05, 3.63) is 128 Å². The predicted molar refractivity (Wildman–Crippen MR) is 184 cm³/mol. The van der Waals surface area contributed by atoms with Gasteiger partial charge in [-0.05, 0) is 79.7 Å². The number of rotatable bonds is 9. The van der Waals surface area contributed by atoms with Crippen LogP contribution < -0.4 is 19.9 Å². The second-order valence-corrected chi connectivity index (χ2v) is 15.1. The quantitative estimate of drug-likeness (QED) is 0.182. The number of aromatic nitrogens is 2. The first-order valence-electron chi connectivity index (χ1n) is 13.6. The minimum Gasteiger partial charge on any atom is -0.321 e. The molecule has 11 nitrogen and oxygen atoms in total. The Kier molecular flexibility index (Phi) is 9.49. The third kappa shape index (κ3) is 6.76. The molecule has 5 rings (SSSR count). The standard InChI is InChI=1S/C31H26Cl3N5O6S2/c1-19-29(31(41)39(37(19)2)23-7-5-4-6-8-23)38(3)47(44,45)28-17-20(9-15-26(28)34)30(40)35-27-18-24(14-16-25(27)33)46(42,43)36-22-12-10-21(32)11-13-22/h4-18,36H,1-3H3,(H,35,40). The molecule has 16 heteroatoms. The summed E-state index contributed by atoms with van der Waals surface area (Å²) in [6, 6.07) is 22.0. The van der Waals surface area contributed by atoms with Crippen LogP contribution in [0.15, 0.2) is 106 Å². The molecule has 47 heavy (non-hydrogen) atoms. The molecule has 244 valence electrons. The molecule has 5 aromatic rings. The fraction of sp³-hybridized carbons (Fsp3) is 0.0968. The monoisotopic (exact) mass is 733 g/mol. The van der Waals surface area contributed by atoms with Gasteiger partial charge in [0.25, 0.3) is 31.5 Å². The summed E-state index contributed by atoms with van der Waals surface area (Å²) in [5, 5.41) is 2.79. The molecule has 0 spiro atoms. The Morgan fingerprint density at radius 2 is 1.47 bits per heavy atom. The van der Waals surface area contributed by atoms with Crippen LogP contribution in [0.2, 0.25) is 15.1 Å². The number of para-hydroxylation sites is 1. The lowest BCUT2D eigenvalue weighted by Gasteiger charge is -2.19. The summed E-state index contributed by atoms with van der Waals surface area (Å²) >= 11 is 18.5. The Labute approximate surface area is 286 Å². The van der Waals surface area contributed by atoms with Crippen LogP contribution >= 0.6 is 34.8 Å². The second-order valence-electron chi connectivity index (χ2n) is 10.2. The van der Waals surface area contributed by atoms with Crippen LogP contribution in [-0.4, -0.2) is 39.2 Å². The molecule has 1 amide bonds. The number of nitrogens with zero attached hydrogens (tertiary/aromatic N) is 3. The summed E-state index contributed by atoms with van der Waals surface area (Å²) in [6.45, 7) is 1.61. The van der Waals surface area contributed by atoms with Crippen molar-refractivity contribution in [2.24, 2.45) is 7.05 Å². The van der Waals surface area contributed by atoms with Crippen molar-refractivity contribution in [2.75, 3.05) is 21.4 Å². The zero-order chi connectivity index (χ0) is 34.3. The topological polar surface area (TPSA) is 140 Å². The first-order valence-corrected chi connectivity index (χ1v) is 17.7. The van der Waals surface area contributed by atoms with E-state index in [-0.39, 0.29) is 37.6 Å². The molecule has 0 aliphatic heterocycles. The van der Waals surface area contributed by atoms with Gasteiger partial charge in [0.1, 0.15) is 10.6 Å². The van der Waals surface area contributed by atoms with E-state index < -0.39 is 36.4 Å². The summed E-state index contributed by atoms with van der Waals surface area (Å²) in [5.41, 5.74) is 0.296. The first kappa shape index (κ1) is 34.1. The Balaban J connectivity index is 1.44. The maximum absolute atomic E-state index is 13.9. The van der Waals surface area contributed by atoms with Gasteiger partial charge in [-0.3, -0.25) is 23.3 Å². The lowest BCUT2D eigenvalue weighted by atomic mass is 10.2. The van der Waals surface area contributed by atoms with Crippen molar-refractivity contribution in [3.63, 3.8) is 0 Å². The van der Waals surface area contributed by atoms with Gasteiger partial charge in [0.2, 0.25) is 0 Å². The molecule has 4 aromatic carbocycles. The van der Waals surface area contributed by atoms with E-state index in [0.717, 1.165) is 16.4 Å². The van der Waals surface area contributed by atoms with Crippen LogP contribution in [0.1, 0.15) is 16.1 Å². The Morgan fingerprint density at radius 1 is 0.830 bits per heavy atom. The number of sulfonamides is 2. The number of amides is 1. The van der Waals surface area contributed by atoms with Gasteiger partial charge in [-0.2, -0.15) is 0 Å². The molecule has 0 bridgehead atoms. The highest BCUT2D eigenvalue weighted by molar-refractivity contribution is 7.93. The third-order valence-corrected chi connectivity index (χ3v) is 11.5. The Hall–Kier alpha value is -4.27. The van der Waals surface area contributed by atoms with Gasteiger partial charge in [0.05, 0.1) is 32.0 Å². The van der Waals surface area contributed by atoms with Crippen LogP contribution in [0.25, 0.3) is 5.69 Å². The van der Waals surface area contributed by atoms with E-state index >= 15 is 0 Å². The normalized spacial score (nSPS) is 11.7. The van der Waals surface area contributed by atoms with Crippen molar-refractivity contribution < 1.29 is 21.6 Å². The largest absolute Gasteiger partial charge is 0.321 e. The average molecular weight is 735 g/mol. The van der Waals surface area contributed by atoms with Gasteiger partial charge >= 0.3 is 0 Å². The molecule has 0 atom stereocenters. The number of carbonyl (C=O) groups excluding carboxylic acids is 1. The van der Waals surface area contributed by atoms with Crippen LogP contribution in [0.3, 0.4) is 0 Å². The van der Waals surface area contributed by atoms with E-state index in [1.54, 1.807) is 44.3 Å². The van der Waals surface area contributed by atoms with Crippen molar-refractivity contribution in [1.29, 1.82) is 0 Å². The molecular formula is C31H26Cl3N5O6S2. The van der Waals surface area contributed by atoms with Gasteiger partial charge in [-0.25, -0.2) is 21.5 Å². The van der Waals surface area contributed by atoms with E-state index in [9.17, 15) is 26.4 Å². The number of benzene rings is 4. The third-order valence-electron chi connectivity index (χ3n) is 7.26. The number of hydrogen-bond acceptors (Lipinski definition) is 6. The maximum Gasteiger partial charge on any atom is 0.296 e. The van der Waals surface area contributed by atoms with Gasteiger partial charge in [0.15, 0.2) is 0 Å². The molecular weight excluding hydrogens is 709 g/mol. The van der Waals surface area contributed by atoms with Gasteiger partial charge in [-0.15, -0.1) is 0 Å². The van der Waals surface area contributed by atoms with Crippen LogP contribution in [0.5, 0.6) is 0 Å². The van der Waals surface area contributed by atoms with Gasteiger partial charge < -0.3 is 5.32 Å². The SMILES string of the molecule is Cc1c(N(C)S(=O)(=O)c2cc(C(=O)Nc3cc(S(=O)(=O)Nc4ccc(Cl)cc4)ccc3Cl)ccc2Cl)c(=O)n(-c2ccccc2)n1C. The van der Waals surface area contributed by atoms with Crippen molar-refractivity contribution >= 4 is 77.8 Å². The molecule has 1 aromatic heterocycles. The van der Waals surface area contributed by atoms with Crippen molar-refractivity contribution in [1.82, 2.24) is 9.36 Å². The highest BCUT2D eigenvalue weighted by Crippen LogP contribution is 2.31. The second kappa shape index (κ2) is 13.1. The number of carbonyl (C=O) groups is 1. The molecule has 1 heterocycles. The van der Waals surface area contributed by atoms with E-state index in [4.69, 9.17) is 34.8 Å². The van der Waals surface area contributed by atoms with Crippen LogP contribution in [0.4, 0.5) is 17.1 Å². The zero-order valence-electron chi connectivity index (χ0n) is 24.9. The molecule has 0 unspecified atom stereocenters. The molecule has 0 saturated heterocycles. The lowest BCUT2D eigenvalue weighted by molar-refractivity contribution is 0.102. The lowest BCUT2D eigenvalue weighted by Crippen LogP contribution is -2.32. The zero-order valence-corrected chi connectivity index (χ0v) is 28.8. The minimum absolute atomic E-state index is 0.0274. The fourth-order valence-corrected chi connectivity index (χ4v) is 7.84. The summed E-state index contributed by atoms with van der Waals surface area (Å²) in [7, 11) is -5.72. The summed E-state index contributed by atoms with van der Waals surface area (Å²) < 4.78 is 59.9. The van der Waals surface area contributed by atoms with Crippen molar-refractivity contribution in [2.45, 2.75) is 16.7 Å². The fourth-order valence-electron chi connectivity index (χ4n) is 4.72. The van der Waals surface area contributed by atoms with Crippen LogP contribution in [-0.2, 0) is 27.1 Å². The Bertz CT molecular complexity index is 2290. The molecule has 0 fully saturated rings. The number of anilines is 3. The van der Waals surface area contributed by atoms with E-state index in [1.807, 2.05) is 0 Å². The summed E-state index contributed by atoms with van der Waals surface area (Å²) in [4.78, 5) is 26.2. The summed E-state index contributed by atoms with van der Waals surface area (Å²) in [5.74, 6) is -0.801. The van der Waals surface area contributed by atoms with E-state index in [2.05, 4.69) is 10.0 Å². The highest BCUT2D eigenvalue weighted by Gasteiger charge is 2.31. The first-order chi connectivity index (χ1) is 22.1. The maximum atomic E-state index is 13.9. The Morgan fingerprint density at radius 3 is 2.13 bits per heavy atom. The number of hydrogen-bond donors (Lipinski definition) is 2. The van der Waals surface area contributed by atoms with Gasteiger partial charge in [-0.1, -0.05) is 53.0 Å². The van der Waals surface area contributed by atoms with Crippen LogP contribution in [0, 0.1) is 6.92 Å². The van der Waals surface area contributed by atoms with E-state index in [0.29, 0.717) is 16.4 Å². The minimum atomic E-state index is -4.48. The van der Waals surface area contributed by atoms with E-state index in [1.165, 1.54) is 64.9 Å². The molecule has 0 radical (unpaired) electrons. The smallest absolute Gasteiger partial charge is 0.296 e. The molecule has 0 aliphatic rings.